The van der Waals surface area contributed by atoms with E-state index >= 15 is 0 Å². The molecule has 17 heavy (non-hydrogen) atoms. The summed E-state index contributed by atoms with van der Waals surface area (Å²) in [5, 5.41) is 18.6. The lowest BCUT2D eigenvalue weighted by molar-refractivity contribution is -0.386. The number of rotatable bonds is 3. The van der Waals surface area contributed by atoms with Gasteiger partial charge in [-0.25, -0.2) is 0 Å². The van der Waals surface area contributed by atoms with E-state index in [-0.39, 0.29) is 16.6 Å². The van der Waals surface area contributed by atoms with Crippen molar-refractivity contribution in [2.75, 3.05) is 0 Å². The summed E-state index contributed by atoms with van der Waals surface area (Å²) >= 11 is 4.30. The summed E-state index contributed by atoms with van der Waals surface area (Å²) in [6.45, 7) is 1.65. The van der Waals surface area contributed by atoms with Crippen LogP contribution < -0.4 is 4.74 Å². The first-order chi connectivity index (χ1) is 8.08. The number of benzene rings is 1. The monoisotopic (exact) mass is 315 g/mol. The van der Waals surface area contributed by atoms with Crippen LogP contribution in [-0.4, -0.2) is 15.1 Å². The molecule has 0 atom stereocenters. The molecule has 0 aliphatic rings. The molecule has 0 N–H and O–H groups in total. The van der Waals surface area contributed by atoms with E-state index < -0.39 is 4.92 Å². The predicted octanol–water partition coefficient (Wildman–Crippen LogP) is 3.31. The Morgan fingerprint density at radius 3 is 2.82 bits per heavy atom. The summed E-state index contributed by atoms with van der Waals surface area (Å²) in [6.07, 6.45) is 0. The number of nitro groups is 1. The molecule has 1 heterocycles. The maximum atomic E-state index is 10.9. The standard InChI is InChI=1S/C9H6BrN3O3S/c1-5-3-2-4-6(7(5)13(14)15)16-9-12-11-8(10)17-9/h2-4H,1H3. The molecule has 88 valence electrons. The fourth-order valence-electron chi connectivity index (χ4n) is 1.28. The first-order valence-electron chi connectivity index (χ1n) is 4.49. The van der Waals surface area contributed by atoms with E-state index in [2.05, 4.69) is 26.1 Å². The van der Waals surface area contributed by atoms with Crippen molar-refractivity contribution < 1.29 is 9.66 Å². The second-order valence-electron chi connectivity index (χ2n) is 3.10. The Morgan fingerprint density at radius 2 is 2.24 bits per heavy atom. The molecular formula is C9H6BrN3O3S. The maximum Gasteiger partial charge on any atom is 0.314 e. The Bertz CT molecular complexity index is 572. The molecule has 6 nitrogen and oxygen atoms in total. The number of hydrogen-bond donors (Lipinski definition) is 0. The molecule has 2 aromatic rings. The third-order valence-corrected chi connectivity index (χ3v) is 3.20. The van der Waals surface area contributed by atoms with Gasteiger partial charge in [-0.1, -0.05) is 17.2 Å². The number of aromatic nitrogens is 2. The first-order valence-corrected chi connectivity index (χ1v) is 6.09. The molecule has 1 aromatic carbocycles. The minimum absolute atomic E-state index is 0.0566. The van der Waals surface area contributed by atoms with E-state index in [1.807, 2.05) is 0 Å². The largest absolute Gasteiger partial charge is 0.422 e. The van der Waals surface area contributed by atoms with Gasteiger partial charge in [0.05, 0.1) is 4.92 Å². The fourth-order valence-corrected chi connectivity index (χ4v) is 2.21. The highest BCUT2D eigenvalue weighted by atomic mass is 79.9. The van der Waals surface area contributed by atoms with Crippen LogP contribution in [0, 0.1) is 17.0 Å². The number of nitro benzene ring substituents is 1. The van der Waals surface area contributed by atoms with Gasteiger partial charge in [0, 0.05) is 5.56 Å². The van der Waals surface area contributed by atoms with Gasteiger partial charge in [0.2, 0.25) is 5.75 Å². The number of halogens is 1. The minimum Gasteiger partial charge on any atom is -0.422 e. The lowest BCUT2D eigenvalue weighted by Gasteiger charge is -2.03. The second kappa shape index (κ2) is 4.76. The topological polar surface area (TPSA) is 78.2 Å². The van der Waals surface area contributed by atoms with Crippen molar-refractivity contribution in [3.63, 3.8) is 0 Å². The SMILES string of the molecule is Cc1cccc(Oc2nnc(Br)s2)c1[N+](=O)[O-]. The fraction of sp³-hybridized carbons (Fsp3) is 0.111. The molecule has 0 amide bonds. The van der Waals surface area contributed by atoms with E-state index in [4.69, 9.17) is 4.74 Å². The number of hydrogen-bond acceptors (Lipinski definition) is 6. The molecule has 0 fully saturated rings. The molecule has 0 spiro atoms. The zero-order chi connectivity index (χ0) is 12.4. The van der Waals surface area contributed by atoms with Crippen molar-refractivity contribution in [2.24, 2.45) is 0 Å². The Morgan fingerprint density at radius 1 is 1.47 bits per heavy atom. The van der Waals surface area contributed by atoms with E-state index in [9.17, 15) is 10.1 Å². The molecule has 0 aliphatic heterocycles. The van der Waals surface area contributed by atoms with E-state index in [0.29, 0.717) is 9.48 Å². The number of para-hydroxylation sites is 1. The summed E-state index contributed by atoms with van der Waals surface area (Å²) in [7, 11) is 0. The van der Waals surface area contributed by atoms with Gasteiger partial charge in [-0.15, -0.1) is 5.10 Å². The molecular weight excluding hydrogens is 310 g/mol. The van der Waals surface area contributed by atoms with Crippen LogP contribution in [0.3, 0.4) is 0 Å². The maximum absolute atomic E-state index is 10.9. The zero-order valence-electron chi connectivity index (χ0n) is 8.58. The van der Waals surface area contributed by atoms with E-state index in [0.717, 1.165) is 11.3 Å². The lowest BCUT2D eigenvalue weighted by atomic mass is 10.2. The van der Waals surface area contributed by atoms with Crippen molar-refractivity contribution in [2.45, 2.75) is 6.92 Å². The summed E-state index contributed by atoms with van der Waals surface area (Å²) < 4.78 is 5.90. The van der Waals surface area contributed by atoms with Crippen molar-refractivity contribution in [1.29, 1.82) is 0 Å². The van der Waals surface area contributed by atoms with Gasteiger partial charge in [-0.2, -0.15) is 0 Å². The van der Waals surface area contributed by atoms with Gasteiger partial charge in [0.15, 0.2) is 3.92 Å². The molecule has 0 unspecified atom stereocenters. The van der Waals surface area contributed by atoms with Gasteiger partial charge >= 0.3 is 10.9 Å². The zero-order valence-corrected chi connectivity index (χ0v) is 11.0. The highest BCUT2D eigenvalue weighted by Gasteiger charge is 2.19. The average Bonchev–Trinajstić information content (AvgIpc) is 2.63. The number of aryl methyl sites for hydroxylation is 1. The Hall–Kier alpha value is -1.54. The van der Waals surface area contributed by atoms with Crippen molar-refractivity contribution in [3.8, 4) is 10.9 Å². The quantitative estimate of drug-likeness (QED) is 0.641. The van der Waals surface area contributed by atoms with Crippen LogP contribution in [0.1, 0.15) is 5.56 Å². The van der Waals surface area contributed by atoms with E-state index in [1.165, 1.54) is 6.07 Å². The Kier molecular flexibility index (Phi) is 3.34. The van der Waals surface area contributed by atoms with Gasteiger partial charge in [-0.05, 0) is 40.3 Å². The molecule has 8 heteroatoms. The molecule has 0 aliphatic carbocycles. The second-order valence-corrected chi connectivity index (χ2v) is 5.32. The summed E-state index contributed by atoms with van der Waals surface area (Å²) in [5.74, 6) is 0.165. The third kappa shape index (κ3) is 2.59. The summed E-state index contributed by atoms with van der Waals surface area (Å²) in [5.41, 5.74) is 0.481. The number of nitrogens with zero attached hydrogens (tertiary/aromatic N) is 3. The predicted molar refractivity (Wildman–Crippen MR) is 65.5 cm³/mol. The van der Waals surface area contributed by atoms with E-state index in [1.54, 1.807) is 19.1 Å². The van der Waals surface area contributed by atoms with Crippen LogP contribution in [0.2, 0.25) is 0 Å². The normalized spacial score (nSPS) is 10.2. The van der Waals surface area contributed by atoms with Crippen LogP contribution in [0.4, 0.5) is 5.69 Å². The summed E-state index contributed by atoms with van der Waals surface area (Å²) in [4.78, 5) is 10.5. The average molecular weight is 316 g/mol. The van der Waals surface area contributed by atoms with Crippen molar-refractivity contribution in [1.82, 2.24) is 10.2 Å². The third-order valence-electron chi connectivity index (χ3n) is 1.96. The van der Waals surface area contributed by atoms with Crippen LogP contribution >= 0.6 is 27.3 Å². The molecule has 1 aromatic heterocycles. The first kappa shape index (κ1) is 11.9. The van der Waals surface area contributed by atoms with Gasteiger partial charge < -0.3 is 4.74 Å². The minimum atomic E-state index is -0.471. The van der Waals surface area contributed by atoms with Crippen molar-refractivity contribution in [3.05, 3.63) is 37.8 Å². The van der Waals surface area contributed by atoms with Crippen LogP contribution in [0.25, 0.3) is 0 Å². The highest BCUT2D eigenvalue weighted by Crippen LogP contribution is 2.35. The van der Waals surface area contributed by atoms with Crippen molar-refractivity contribution >= 4 is 33.0 Å². The molecule has 2 rings (SSSR count). The summed E-state index contributed by atoms with van der Waals surface area (Å²) in [6, 6.07) is 4.87. The lowest BCUT2D eigenvalue weighted by Crippen LogP contribution is -1.95. The number of ether oxygens (including phenoxy) is 1. The van der Waals surface area contributed by atoms with Crippen LogP contribution in [0.15, 0.2) is 22.1 Å². The van der Waals surface area contributed by atoms with Crippen LogP contribution in [0.5, 0.6) is 10.9 Å². The van der Waals surface area contributed by atoms with Gasteiger partial charge in [-0.3, -0.25) is 10.1 Å². The molecule has 0 radical (unpaired) electrons. The highest BCUT2D eigenvalue weighted by molar-refractivity contribution is 9.11. The molecule has 0 saturated carbocycles. The Labute approximate surface area is 109 Å². The van der Waals surface area contributed by atoms with Gasteiger partial charge in [0.25, 0.3) is 0 Å². The van der Waals surface area contributed by atoms with Gasteiger partial charge in [0.1, 0.15) is 0 Å². The molecule has 0 saturated heterocycles. The smallest absolute Gasteiger partial charge is 0.314 e. The molecule has 0 bridgehead atoms. The van der Waals surface area contributed by atoms with Crippen LogP contribution in [-0.2, 0) is 0 Å². The Balaban J connectivity index is 2.39.